The first kappa shape index (κ1) is 25.0. The number of ether oxygens (including phenoxy) is 2. The van der Waals surface area contributed by atoms with Crippen molar-refractivity contribution in [2.24, 2.45) is 11.8 Å². The standard InChI is InChI=1S/C27H37NO5S/c1-4-20-5-7-22(8-6-20)28(18-19(2)3)34(30,31)24-9-10-27-25(17-24)26(29)16-23(33-27)15-21-11-13-32-14-12-21/h5-10,17,19,21,23,26,29H,4,11-16,18H2,1-3H3. The summed E-state index contributed by atoms with van der Waals surface area (Å²) in [5.74, 6) is 1.27. The van der Waals surface area contributed by atoms with Crippen LogP contribution >= 0.6 is 0 Å². The van der Waals surface area contributed by atoms with Crippen molar-refractivity contribution in [2.75, 3.05) is 24.1 Å². The molecule has 2 aromatic carbocycles. The second-order valence-corrected chi connectivity index (χ2v) is 11.8. The van der Waals surface area contributed by atoms with E-state index in [0.29, 0.717) is 35.9 Å². The Hall–Kier alpha value is -2.09. The predicted molar refractivity (Wildman–Crippen MR) is 134 cm³/mol. The second-order valence-electron chi connectivity index (χ2n) is 9.93. The third-order valence-corrected chi connectivity index (χ3v) is 8.60. The van der Waals surface area contributed by atoms with Crippen LogP contribution in [0, 0.1) is 11.8 Å². The third kappa shape index (κ3) is 5.58. The van der Waals surface area contributed by atoms with Crippen LogP contribution < -0.4 is 9.04 Å². The van der Waals surface area contributed by atoms with Crippen molar-refractivity contribution in [2.45, 2.75) is 70.0 Å². The van der Waals surface area contributed by atoms with Crippen molar-refractivity contribution in [3.63, 3.8) is 0 Å². The number of fused-ring (bicyclic) bond motifs is 1. The summed E-state index contributed by atoms with van der Waals surface area (Å²) in [6, 6.07) is 12.6. The van der Waals surface area contributed by atoms with Gasteiger partial charge in [0, 0.05) is 31.7 Å². The van der Waals surface area contributed by atoms with Gasteiger partial charge >= 0.3 is 0 Å². The van der Waals surface area contributed by atoms with E-state index in [1.165, 1.54) is 4.31 Å². The van der Waals surface area contributed by atoms with Gasteiger partial charge in [0.2, 0.25) is 0 Å². The topological polar surface area (TPSA) is 76.1 Å². The summed E-state index contributed by atoms with van der Waals surface area (Å²) < 4.78 is 40.6. The van der Waals surface area contributed by atoms with Gasteiger partial charge in [0.15, 0.2) is 0 Å². The number of nitrogens with zero attached hydrogens (tertiary/aromatic N) is 1. The highest BCUT2D eigenvalue weighted by atomic mass is 32.2. The largest absolute Gasteiger partial charge is 0.490 e. The molecular weight excluding hydrogens is 450 g/mol. The molecule has 6 nitrogen and oxygen atoms in total. The molecule has 4 rings (SSSR count). The van der Waals surface area contributed by atoms with Gasteiger partial charge in [-0.15, -0.1) is 0 Å². The molecule has 186 valence electrons. The Morgan fingerprint density at radius 3 is 2.44 bits per heavy atom. The van der Waals surface area contributed by atoms with Gasteiger partial charge in [-0.3, -0.25) is 4.31 Å². The summed E-state index contributed by atoms with van der Waals surface area (Å²) in [4.78, 5) is 0.178. The zero-order chi connectivity index (χ0) is 24.3. The summed E-state index contributed by atoms with van der Waals surface area (Å²) in [6.07, 6.45) is 3.48. The van der Waals surface area contributed by atoms with E-state index >= 15 is 0 Å². The smallest absolute Gasteiger partial charge is 0.264 e. The quantitative estimate of drug-likeness (QED) is 0.561. The molecule has 0 aliphatic carbocycles. The summed E-state index contributed by atoms with van der Waals surface area (Å²) in [5, 5.41) is 10.9. The number of hydrogen-bond donors (Lipinski definition) is 1. The molecule has 2 aromatic rings. The lowest BCUT2D eigenvalue weighted by Crippen LogP contribution is -2.34. The predicted octanol–water partition coefficient (Wildman–Crippen LogP) is 5.10. The molecule has 2 atom stereocenters. The molecule has 0 radical (unpaired) electrons. The number of aryl methyl sites for hydroxylation is 1. The molecule has 0 saturated carbocycles. The minimum absolute atomic E-state index is 0.0671. The van der Waals surface area contributed by atoms with Gasteiger partial charge in [0.05, 0.1) is 16.7 Å². The maximum Gasteiger partial charge on any atom is 0.264 e. The summed E-state index contributed by atoms with van der Waals surface area (Å²) in [5.41, 5.74) is 2.36. The number of sulfonamides is 1. The summed E-state index contributed by atoms with van der Waals surface area (Å²) in [7, 11) is -3.81. The number of hydrogen-bond acceptors (Lipinski definition) is 5. The van der Waals surface area contributed by atoms with E-state index in [9.17, 15) is 13.5 Å². The van der Waals surface area contributed by atoms with Crippen molar-refractivity contribution in [1.82, 2.24) is 0 Å². The van der Waals surface area contributed by atoms with Gasteiger partial charge in [-0.1, -0.05) is 32.9 Å². The fourth-order valence-corrected chi connectivity index (χ4v) is 6.52. The molecule has 0 amide bonds. The monoisotopic (exact) mass is 487 g/mol. The van der Waals surface area contributed by atoms with Crippen LogP contribution in [0.3, 0.4) is 0 Å². The van der Waals surface area contributed by atoms with Crippen molar-refractivity contribution < 1.29 is 23.0 Å². The van der Waals surface area contributed by atoms with Gasteiger partial charge in [-0.2, -0.15) is 0 Å². The molecule has 2 aliphatic heterocycles. The molecule has 7 heteroatoms. The van der Waals surface area contributed by atoms with E-state index in [1.54, 1.807) is 18.2 Å². The van der Waals surface area contributed by atoms with Crippen molar-refractivity contribution in [1.29, 1.82) is 0 Å². The first-order valence-corrected chi connectivity index (χ1v) is 13.9. The molecular formula is C27H37NO5S. The van der Waals surface area contributed by atoms with Crippen LogP contribution in [-0.4, -0.2) is 39.4 Å². The maximum absolute atomic E-state index is 13.7. The van der Waals surface area contributed by atoms with Crippen molar-refractivity contribution in [3.05, 3.63) is 53.6 Å². The molecule has 2 unspecified atom stereocenters. The molecule has 0 spiro atoms. The van der Waals surface area contributed by atoms with Crippen LogP contribution in [0.4, 0.5) is 5.69 Å². The van der Waals surface area contributed by atoms with Gasteiger partial charge in [0.25, 0.3) is 10.0 Å². The highest BCUT2D eigenvalue weighted by Crippen LogP contribution is 2.39. The number of rotatable bonds is 8. The summed E-state index contributed by atoms with van der Waals surface area (Å²) >= 11 is 0. The average Bonchev–Trinajstić information content (AvgIpc) is 2.83. The molecule has 2 aliphatic rings. The van der Waals surface area contributed by atoms with Crippen LogP contribution in [0.15, 0.2) is 47.4 Å². The van der Waals surface area contributed by atoms with Crippen molar-refractivity contribution >= 4 is 15.7 Å². The highest BCUT2D eigenvalue weighted by Gasteiger charge is 2.32. The van der Waals surface area contributed by atoms with Crippen LogP contribution in [0.2, 0.25) is 0 Å². The Kier molecular flexibility index (Phi) is 7.85. The normalized spacial score (nSPS) is 21.2. The van der Waals surface area contributed by atoms with Crippen LogP contribution in [-0.2, 0) is 21.2 Å². The van der Waals surface area contributed by atoms with E-state index in [2.05, 4.69) is 6.92 Å². The van der Waals surface area contributed by atoms with Crippen molar-refractivity contribution in [3.8, 4) is 5.75 Å². The Morgan fingerprint density at radius 2 is 1.79 bits per heavy atom. The second kappa shape index (κ2) is 10.7. The fraction of sp³-hybridized carbons (Fsp3) is 0.556. The van der Waals surface area contributed by atoms with E-state index in [1.807, 2.05) is 38.1 Å². The van der Waals surface area contributed by atoms with E-state index < -0.39 is 16.1 Å². The fourth-order valence-electron chi connectivity index (χ4n) is 4.86. The lowest BCUT2D eigenvalue weighted by atomic mass is 9.89. The Morgan fingerprint density at radius 1 is 1.09 bits per heavy atom. The molecule has 1 saturated heterocycles. The Labute approximate surface area is 203 Å². The molecule has 1 fully saturated rings. The van der Waals surface area contributed by atoms with Gasteiger partial charge in [-0.05, 0) is 73.4 Å². The van der Waals surface area contributed by atoms with Gasteiger partial charge in [0.1, 0.15) is 11.9 Å². The minimum atomic E-state index is -3.81. The third-order valence-electron chi connectivity index (χ3n) is 6.81. The van der Waals surface area contributed by atoms with Gasteiger partial charge in [-0.25, -0.2) is 8.42 Å². The molecule has 0 bridgehead atoms. The lowest BCUT2D eigenvalue weighted by molar-refractivity contribution is 0.0229. The maximum atomic E-state index is 13.7. The molecule has 2 heterocycles. The van der Waals surface area contributed by atoms with Crippen LogP contribution in [0.25, 0.3) is 0 Å². The number of benzene rings is 2. The first-order valence-electron chi connectivity index (χ1n) is 12.5. The van der Waals surface area contributed by atoms with Crippen LogP contribution in [0.5, 0.6) is 5.75 Å². The van der Waals surface area contributed by atoms with E-state index in [0.717, 1.165) is 44.5 Å². The molecule has 1 N–H and O–H groups in total. The zero-order valence-electron chi connectivity index (χ0n) is 20.4. The Balaban J connectivity index is 1.58. The Bertz CT molecular complexity index is 1060. The summed E-state index contributed by atoms with van der Waals surface area (Å²) in [6.45, 7) is 8.03. The number of aliphatic hydroxyl groups excluding tert-OH is 1. The number of anilines is 1. The van der Waals surface area contributed by atoms with E-state index in [-0.39, 0.29) is 16.9 Å². The minimum Gasteiger partial charge on any atom is -0.490 e. The average molecular weight is 488 g/mol. The molecule has 0 aromatic heterocycles. The van der Waals surface area contributed by atoms with Crippen LogP contribution in [0.1, 0.15) is 63.7 Å². The van der Waals surface area contributed by atoms with Gasteiger partial charge < -0.3 is 14.6 Å². The molecule has 34 heavy (non-hydrogen) atoms. The first-order chi connectivity index (χ1) is 16.3. The SMILES string of the molecule is CCc1ccc(N(CC(C)C)S(=O)(=O)c2ccc3c(c2)C(O)CC(CC2CCOCC2)O3)cc1. The lowest BCUT2D eigenvalue weighted by Gasteiger charge is -2.33. The highest BCUT2D eigenvalue weighted by molar-refractivity contribution is 7.92. The zero-order valence-corrected chi connectivity index (χ0v) is 21.3. The number of aliphatic hydroxyl groups is 1. The van der Waals surface area contributed by atoms with E-state index in [4.69, 9.17) is 9.47 Å².